The van der Waals surface area contributed by atoms with E-state index < -0.39 is 5.63 Å². The van der Waals surface area contributed by atoms with E-state index in [4.69, 9.17) is 8.83 Å². The minimum absolute atomic E-state index is 0.0234. The van der Waals surface area contributed by atoms with Gasteiger partial charge in [-0.05, 0) is 36.8 Å². The van der Waals surface area contributed by atoms with Gasteiger partial charge in [0, 0.05) is 6.08 Å². The summed E-state index contributed by atoms with van der Waals surface area (Å²) >= 11 is 0. The molecule has 0 aliphatic heterocycles. The van der Waals surface area contributed by atoms with Crippen LogP contribution in [0.4, 0.5) is 0 Å². The second-order valence-corrected chi connectivity index (χ2v) is 4.36. The predicted octanol–water partition coefficient (Wildman–Crippen LogP) is 3.15. The first-order valence-electron chi connectivity index (χ1n) is 5.99. The number of hydrogen-bond acceptors (Lipinski definition) is 5. The van der Waals surface area contributed by atoms with Gasteiger partial charge < -0.3 is 13.9 Å². The molecule has 0 bridgehead atoms. The van der Waals surface area contributed by atoms with Gasteiger partial charge in [0.25, 0.3) is 0 Å². The zero-order valence-corrected chi connectivity index (χ0v) is 10.7. The maximum atomic E-state index is 11.8. The van der Waals surface area contributed by atoms with Gasteiger partial charge in [0.15, 0.2) is 22.8 Å². The average molecular weight is 269 g/mol. The topological polar surface area (TPSA) is 76.5 Å². The summed E-state index contributed by atoms with van der Waals surface area (Å²) in [6.45, 7) is 1.90. The molecule has 5 nitrogen and oxygen atoms in total. The molecule has 0 fully saturated rings. The van der Waals surface area contributed by atoms with E-state index in [-0.39, 0.29) is 17.2 Å². The van der Waals surface area contributed by atoms with Gasteiger partial charge in [-0.25, -0.2) is 9.78 Å². The molecule has 0 saturated carbocycles. The lowest BCUT2D eigenvalue weighted by atomic mass is 10.2. The van der Waals surface area contributed by atoms with Crippen molar-refractivity contribution in [1.82, 2.24) is 4.98 Å². The molecular formula is C15H11NO4. The second kappa shape index (κ2) is 4.70. The lowest BCUT2D eigenvalue weighted by molar-refractivity contribution is 0.461. The highest BCUT2D eigenvalue weighted by molar-refractivity contribution is 5.77. The number of aliphatic hydroxyl groups is 1. The van der Waals surface area contributed by atoms with Crippen LogP contribution in [0.3, 0.4) is 0 Å². The summed E-state index contributed by atoms with van der Waals surface area (Å²) in [5.74, 6) is 0.0801. The van der Waals surface area contributed by atoms with Crippen LogP contribution in [0, 0.1) is 6.92 Å². The van der Waals surface area contributed by atoms with Crippen LogP contribution >= 0.6 is 0 Å². The van der Waals surface area contributed by atoms with Crippen molar-refractivity contribution in [3.05, 3.63) is 64.0 Å². The van der Waals surface area contributed by atoms with E-state index in [9.17, 15) is 9.90 Å². The molecule has 2 aromatic heterocycles. The van der Waals surface area contributed by atoms with Crippen molar-refractivity contribution < 1.29 is 13.9 Å². The third-order valence-corrected chi connectivity index (χ3v) is 2.82. The fourth-order valence-electron chi connectivity index (χ4n) is 1.84. The molecule has 20 heavy (non-hydrogen) atoms. The number of rotatable bonds is 2. The zero-order valence-electron chi connectivity index (χ0n) is 10.7. The number of fused-ring (bicyclic) bond motifs is 1. The van der Waals surface area contributed by atoms with Crippen LogP contribution in [0.15, 0.2) is 50.2 Å². The van der Waals surface area contributed by atoms with Gasteiger partial charge in [0.2, 0.25) is 0 Å². The quantitative estimate of drug-likeness (QED) is 0.723. The summed E-state index contributed by atoms with van der Waals surface area (Å²) in [5, 5.41) is 9.85. The zero-order chi connectivity index (χ0) is 14.1. The maximum Gasteiger partial charge on any atom is 0.362 e. The van der Waals surface area contributed by atoms with Crippen LogP contribution in [0.25, 0.3) is 22.9 Å². The Morgan fingerprint density at radius 2 is 2.20 bits per heavy atom. The normalized spacial score (nSPS) is 11.9. The van der Waals surface area contributed by atoms with Gasteiger partial charge in [-0.2, -0.15) is 0 Å². The third kappa shape index (κ3) is 2.21. The molecule has 0 aliphatic rings. The fourth-order valence-corrected chi connectivity index (χ4v) is 1.84. The number of hydrogen-bond donors (Lipinski definition) is 1. The van der Waals surface area contributed by atoms with Crippen LogP contribution in [0.2, 0.25) is 0 Å². The van der Waals surface area contributed by atoms with Gasteiger partial charge in [-0.3, -0.25) is 0 Å². The summed E-state index contributed by atoms with van der Waals surface area (Å²) < 4.78 is 10.2. The van der Waals surface area contributed by atoms with Crippen molar-refractivity contribution in [3.8, 4) is 0 Å². The molecule has 0 spiro atoms. The summed E-state index contributed by atoms with van der Waals surface area (Å²) in [6.07, 6.45) is 2.66. The van der Waals surface area contributed by atoms with Gasteiger partial charge in [-0.15, -0.1) is 0 Å². The Balaban J connectivity index is 2.13. The van der Waals surface area contributed by atoms with Crippen molar-refractivity contribution in [2.45, 2.75) is 6.92 Å². The lowest BCUT2D eigenvalue weighted by Crippen LogP contribution is -2.06. The molecule has 0 saturated heterocycles. The number of aromatic nitrogens is 1. The molecule has 2 heterocycles. The maximum absolute atomic E-state index is 11.8. The van der Waals surface area contributed by atoms with Crippen molar-refractivity contribution in [2.24, 2.45) is 0 Å². The lowest BCUT2D eigenvalue weighted by Gasteiger charge is -1.99. The van der Waals surface area contributed by atoms with Crippen LogP contribution in [0.1, 0.15) is 17.0 Å². The van der Waals surface area contributed by atoms with Gasteiger partial charge >= 0.3 is 5.63 Å². The Morgan fingerprint density at radius 3 is 2.95 bits per heavy atom. The van der Waals surface area contributed by atoms with Crippen LogP contribution < -0.4 is 5.63 Å². The van der Waals surface area contributed by atoms with E-state index in [2.05, 4.69) is 4.98 Å². The summed E-state index contributed by atoms with van der Waals surface area (Å²) in [5.41, 5.74) is 1.36. The Labute approximate surface area is 113 Å². The number of aryl methyl sites for hydroxylation is 1. The Morgan fingerprint density at radius 1 is 1.35 bits per heavy atom. The molecule has 1 N–H and O–H groups in total. The van der Waals surface area contributed by atoms with Crippen molar-refractivity contribution >= 4 is 22.9 Å². The van der Waals surface area contributed by atoms with E-state index in [0.717, 1.165) is 5.56 Å². The molecule has 0 radical (unpaired) electrons. The largest absolute Gasteiger partial charge is 0.504 e. The summed E-state index contributed by atoms with van der Waals surface area (Å²) in [7, 11) is 0. The molecule has 1 aromatic carbocycles. The van der Waals surface area contributed by atoms with E-state index in [1.807, 2.05) is 13.0 Å². The summed E-state index contributed by atoms with van der Waals surface area (Å²) in [4.78, 5) is 16.0. The first-order valence-corrected chi connectivity index (χ1v) is 5.99. The number of furan rings is 1. The monoisotopic (exact) mass is 269 g/mol. The van der Waals surface area contributed by atoms with Crippen molar-refractivity contribution in [1.29, 1.82) is 0 Å². The van der Waals surface area contributed by atoms with Crippen molar-refractivity contribution in [3.63, 3.8) is 0 Å². The predicted molar refractivity (Wildman–Crippen MR) is 74.2 cm³/mol. The Kier molecular flexibility index (Phi) is 2.87. The molecular weight excluding hydrogens is 258 g/mol. The van der Waals surface area contributed by atoms with Crippen LogP contribution in [-0.2, 0) is 0 Å². The van der Waals surface area contributed by atoms with Gasteiger partial charge in [0.05, 0.1) is 6.26 Å². The highest BCUT2D eigenvalue weighted by Gasteiger charge is 2.08. The van der Waals surface area contributed by atoms with Crippen LogP contribution in [-0.4, -0.2) is 10.1 Å². The number of aliphatic hydroxyl groups excluding tert-OH is 1. The summed E-state index contributed by atoms with van der Waals surface area (Å²) in [6, 6.07) is 8.59. The first-order chi connectivity index (χ1) is 9.63. The number of benzene rings is 1. The Bertz CT molecular complexity index is 844. The highest BCUT2D eigenvalue weighted by Crippen LogP contribution is 2.16. The minimum atomic E-state index is -0.610. The SMILES string of the molecule is Cc1ccc2nc(/C=C(\O)c3ccco3)c(=O)oc2c1. The van der Waals surface area contributed by atoms with Gasteiger partial charge in [0.1, 0.15) is 5.52 Å². The van der Waals surface area contributed by atoms with E-state index in [1.165, 1.54) is 12.3 Å². The second-order valence-electron chi connectivity index (χ2n) is 4.36. The van der Waals surface area contributed by atoms with Crippen molar-refractivity contribution in [2.75, 3.05) is 0 Å². The fraction of sp³-hybridized carbons (Fsp3) is 0.0667. The molecule has 5 heteroatoms. The third-order valence-electron chi connectivity index (χ3n) is 2.82. The molecule has 0 atom stereocenters. The smallest absolute Gasteiger partial charge is 0.362 e. The molecule has 3 aromatic rings. The molecule has 0 aliphatic carbocycles. The average Bonchev–Trinajstić information content (AvgIpc) is 2.94. The standard InChI is InChI=1S/C15H11NO4/c1-9-4-5-10-14(7-9)20-15(18)11(16-10)8-12(17)13-3-2-6-19-13/h2-8,17H,1H3/b12-8-. The molecule has 100 valence electrons. The highest BCUT2D eigenvalue weighted by atomic mass is 16.4. The molecule has 3 rings (SSSR count). The number of nitrogens with zero attached hydrogens (tertiary/aromatic N) is 1. The van der Waals surface area contributed by atoms with E-state index in [1.54, 1.807) is 24.3 Å². The van der Waals surface area contributed by atoms with E-state index >= 15 is 0 Å². The van der Waals surface area contributed by atoms with Crippen LogP contribution in [0.5, 0.6) is 0 Å². The van der Waals surface area contributed by atoms with Gasteiger partial charge in [-0.1, -0.05) is 6.07 Å². The first kappa shape index (κ1) is 12.2. The Hall–Kier alpha value is -2.82. The minimum Gasteiger partial charge on any atom is -0.504 e. The molecule has 0 amide bonds. The van der Waals surface area contributed by atoms with E-state index in [0.29, 0.717) is 11.1 Å². The molecule has 0 unspecified atom stereocenters.